The smallest absolute Gasteiger partial charge is 0.0645 e. The van der Waals surface area contributed by atoms with Crippen molar-refractivity contribution in [3.8, 4) is 5.69 Å². The number of nitrogens with zero attached hydrogens (tertiary/aromatic N) is 4. The van der Waals surface area contributed by atoms with Crippen molar-refractivity contribution in [1.29, 1.82) is 0 Å². The van der Waals surface area contributed by atoms with Crippen molar-refractivity contribution in [2.45, 2.75) is 19.0 Å². The van der Waals surface area contributed by atoms with Crippen molar-refractivity contribution in [3.63, 3.8) is 0 Å². The average molecular weight is 300 g/mol. The number of rotatable bonds is 5. The molecule has 5 heteroatoms. The Morgan fingerprint density at radius 3 is 2.82 bits per heavy atom. The molecule has 1 fully saturated rings. The van der Waals surface area contributed by atoms with Gasteiger partial charge in [0.25, 0.3) is 0 Å². The molecule has 22 heavy (non-hydrogen) atoms. The Kier molecular flexibility index (Phi) is 4.87. The Morgan fingerprint density at radius 2 is 2.05 bits per heavy atom. The predicted octanol–water partition coefficient (Wildman–Crippen LogP) is 1.37. The molecule has 0 unspecified atom stereocenters. The fourth-order valence-electron chi connectivity index (χ4n) is 3.04. The summed E-state index contributed by atoms with van der Waals surface area (Å²) < 4.78 is 1.93. The third kappa shape index (κ3) is 3.55. The summed E-state index contributed by atoms with van der Waals surface area (Å²) in [6, 6.07) is 10.6. The molecule has 3 rings (SSSR count). The van der Waals surface area contributed by atoms with E-state index in [1.54, 1.807) is 0 Å². The number of benzene rings is 1. The molecule has 1 aliphatic heterocycles. The van der Waals surface area contributed by atoms with Crippen molar-refractivity contribution in [1.82, 2.24) is 19.6 Å². The van der Waals surface area contributed by atoms with E-state index in [1.165, 1.54) is 5.56 Å². The minimum absolute atomic E-state index is 0.259. The van der Waals surface area contributed by atoms with Crippen LogP contribution in [0.1, 0.15) is 12.0 Å². The molecule has 0 aliphatic carbocycles. The van der Waals surface area contributed by atoms with Crippen LogP contribution >= 0.6 is 0 Å². The first kappa shape index (κ1) is 15.2. The molecule has 1 aromatic heterocycles. The first-order valence-corrected chi connectivity index (χ1v) is 7.88. The molecule has 2 aromatic rings. The van der Waals surface area contributed by atoms with E-state index in [-0.39, 0.29) is 6.61 Å². The Morgan fingerprint density at radius 1 is 1.23 bits per heavy atom. The minimum atomic E-state index is 0.259. The van der Waals surface area contributed by atoms with Gasteiger partial charge in [0.05, 0.1) is 11.9 Å². The van der Waals surface area contributed by atoms with Gasteiger partial charge in [-0.1, -0.05) is 18.2 Å². The van der Waals surface area contributed by atoms with Crippen molar-refractivity contribution in [3.05, 3.63) is 48.3 Å². The molecule has 118 valence electrons. The second-order valence-electron chi connectivity index (χ2n) is 6.01. The molecule has 0 saturated carbocycles. The van der Waals surface area contributed by atoms with Gasteiger partial charge in [0.2, 0.25) is 0 Å². The Balaban J connectivity index is 1.63. The van der Waals surface area contributed by atoms with Crippen LogP contribution in [0.15, 0.2) is 42.7 Å². The number of para-hydroxylation sites is 1. The number of piperazine rings is 1. The van der Waals surface area contributed by atoms with Gasteiger partial charge < -0.3 is 10.0 Å². The van der Waals surface area contributed by atoms with Crippen molar-refractivity contribution in [2.75, 3.05) is 33.3 Å². The van der Waals surface area contributed by atoms with Crippen LogP contribution in [0, 0.1) is 0 Å². The fraction of sp³-hybridized carbons (Fsp3) is 0.471. The van der Waals surface area contributed by atoms with Crippen LogP contribution in [0.5, 0.6) is 0 Å². The van der Waals surface area contributed by atoms with E-state index in [1.807, 2.05) is 29.1 Å². The molecular weight excluding hydrogens is 276 g/mol. The van der Waals surface area contributed by atoms with Gasteiger partial charge in [-0.25, -0.2) is 4.68 Å². The third-order valence-electron chi connectivity index (χ3n) is 4.39. The van der Waals surface area contributed by atoms with Gasteiger partial charge in [0.15, 0.2) is 0 Å². The van der Waals surface area contributed by atoms with E-state index in [4.69, 9.17) is 0 Å². The summed E-state index contributed by atoms with van der Waals surface area (Å²) in [5.41, 5.74) is 2.32. The third-order valence-corrected chi connectivity index (χ3v) is 4.39. The highest BCUT2D eigenvalue weighted by Gasteiger charge is 2.23. The average Bonchev–Trinajstić information content (AvgIpc) is 3.00. The standard InChI is InChI=1S/C17H24N4O/c1-19-8-9-20(14-17(19)7-10-22)12-15-11-18-21(13-15)16-5-3-2-4-6-16/h2-6,11,13,17,22H,7-10,12,14H2,1H3/t17-/m1/s1. The fourth-order valence-corrected chi connectivity index (χ4v) is 3.04. The van der Waals surface area contributed by atoms with Crippen LogP contribution in [0.25, 0.3) is 5.69 Å². The maximum Gasteiger partial charge on any atom is 0.0645 e. The molecule has 1 saturated heterocycles. The predicted molar refractivity (Wildman–Crippen MR) is 87.0 cm³/mol. The normalized spacial score (nSPS) is 20.4. The lowest BCUT2D eigenvalue weighted by molar-refractivity contribution is 0.0743. The molecular formula is C17H24N4O. The number of aliphatic hydroxyl groups is 1. The summed E-state index contributed by atoms with van der Waals surface area (Å²) in [6.45, 7) is 4.30. The van der Waals surface area contributed by atoms with E-state index in [2.05, 4.69) is 40.3 Å². The van der Waals surface area contributed by atoms with Crippen molar-refractivity contribution >= 4 is 0 Å². The van der Waals surface area contributed by atoms with Crippen LogP contribution in [-0.2, 0) is 6.54 Å². The topological polar surface area (TPSA) is 44.5 Å². The van der Waals surface area contributed by atoms with Crippen LogP contribution in [0.3, 0.4) is 0 Å². The molecule has 2 heterocycles. The molecule has 1 aromatic carbocycles. The van der Waals surface area contributed by atoms with Gasteiger partial charge in [0.1, 0.15) is 0 Å². The molecule has 0 bridgehead atoms. The lowest BCUT2D eigenvalue weighted by Gasteiger charge is -2.39. The molecule has 0 spiro atoms. The highest BCUT2D eigenvalue weighted by molar-refractivity contribution is 5.30. The van der Waals surface area contributed by atoms with E-state index in [0.29, 0.717) is 6.04 Å². The van der Waals surface area contributed by atoms with Gasteiger partial charge in [-0.3, -0.25) is 4.90 Å². The van der Waals surface area contributed by atoms with Crippen LogP contribution in [0.4, 0.5) is 0 Å². The number of hydrogen-bond acceptors (Lipinski definition) is 4. The van der Waals surface area contributed by atoms with Crippen LogP contribution in [0.2, 0.25) is 0 Å². The monoisotopic (exact) mass is 300 g/mol. The van der Waals surface area contributed by atoms with Crippen molar-refractivity contribution < 1.29 is 5.11 Å². The Bertz CT molecular complexity index is 583. The highest BCUT2D eigenvalue weighted by Crippen LogP contribution is 2.15. The van der Waals surface area contributed by atoms with E-state index >= 15 is 0 Å². The molecule has 1 aliphatic rings. The zero-order valence-electron chi connectivity index (χ0n) is 13.1. The van der Waals surface area contributed by atoms with E-state index in [9.17, 15) is 5.11 Å². The number of likely N-dealkylation sites (N-methyl/N-ethyl adjacent to an activating group) is 1. The summed E-state index contributed by atoms with van der Waals surface area (Å²) in [6.07, 6.45) is 4.90. The van der Waals surface area contributed by atoms with Gasteiger partial charge >= 0.3 is 0 Å². The maximum absolute atomic E-state index is 9.18. The number of hydrogen-bond donors (Lipinski definition) is 1. The first-order valence-electron chi connectivity index (χ1n) is 7.88. The summed E-state index contributed by atoms with van der Waals surface area (Å²) in [5, 5.41) is 13.6. The minimum Gasteiger partial charge on any atom is -0.396 e. The first-order chi connectivity index (χ1) is 10.8. The van der Waals surface area contributed by atoms with Crippen LogP contribution < -0.4 is 0 Å². The highest BCUT2D eigenvalue weighted by atomic mass is 16.3. The number of aliphatic hydroxyl groups excluding tert-OH is 1. The van der Waals surface area contributed by atoms with Gasteiger partial charge in [0, 0.05) is 50.6 Å². The summed E-state index contributed by atoms with van der Waals surface area (Å²) in [5.74, 6) is 0. The largest absolute Gasteiger partial charge is 0.396 e. The molecule has 1 N–H and O–H groups in total. The van der Waals surface area contributed by atoms with Crippen molar-refractivity contribution in [2.24, 2.45) is 0 Å². The summed E-state index contributed by atoms with van der Waals surface area (Å²) >= 11 is 0. The zero-order chi connectivity index (χ0) is 15.4. The summed E-state index contributed by atoms with van der Waals surface area (Å²) in [7, 11) is 2.14. The SMILES string of the molecule is CN1CCN(Cc2cnn(-c3ccccc3)c2)C[C@H]1CCO. The summed E-state index contributed by atoms with van der Waals surface area (Å²) in [4.78, 5) is 4.80. The van der Waals surface area contributed by atoms with Crippen LogP contribution in [-0.4, -0.2) is 64.0 Å². The molecule has 1 atom stereocenters. The Labute approximate surface area is 131 Å². The van der Waals surface area contributed by atoms with Gasteiger partial charge in [-0.05, 0) is 25.6 Å². The molecule has 5 nitrogen and oxygen atoms in total. The lowest BCUT2D eigenvalue weighted by Crippen LogP contribution is -2.51. The molecule has 0 radical (unpaired) electrons. The number of aromatic nitrogens is 2. The second-order valence-corrected chi connectivity index (χ2v) is 6.01. The van der Waals surface area contributed by atoms with Gasteiger partial charge in [-0.15, -0.1) is 0 Å². The Hall–Kier alpha value is -1.69. The quantitative estimate of drug-likeness (QED) is 0.906. The zero-order valence-corrected chi connectivity index (χ0v) is 13.1. The maximum atomic E-state index is 9.18. The molecule has 0 amide bonds. The van der Waals surface area contributed by atoms with E-state index < -0.39 is 0 Å². The lowest BCUT2D eigenvalue weighted by atomic mass is 10.1. The second kappa shape index (κ2) is 7.05. The van der Waals surface area contributed by atoms with Gasteiger partial charge in [-0.2, -0.15) is 5.10 Å². The van der Waals surface area contributed by atoms with E-state index in [0.717, 1.165) is 38.3 Å².